The molecule has 0 unspecified atom stereocenters. The first-order chi connectivity index (χ1) is 10.4. The van der Waals surface area contributed by atoms with Gasteiger partial charge in [-0.1, -0.05) is 23.7 Å². The maximum Gasteiger partial charge on any atom is 0.314 e. The maximum atomic E-state index is 13.4. The predicted molar refractivity (Wildman–Crippen MR) is 79.8 cm³/mol. The molecule has 0 heterocycles. The van der Waals surface area contributed by atoms with E-state index in [1.165, 1.54) is 0 Å². The van der Waals surface area contributed by atoms with E-state index in [0.717, 1.165) is 18.2 Å². The standard InChI is InChI=1S/C15H11ClF2N2O2/c1-8-9(16)4-2-7-12(8)19-14(21)15(22)20-13-10(17)5-3-6-11(13)18/h2-7H,1H3,(H,19,21)(H,20,22). The topological polar surface area (TPSA) is 58.2 Å². The molecule has 2 N–H and O–H groups in total. The molecule has 2 aromatic carbocycles. The summed E-state index contributed by atoms with van der Waals surface area (Å²) < 4.78 is 26.8. The Kier molecular flexibility index (Phi) is 4.72. The zero-order valence-electron chi connectivity index (χ0n) is 11.4. The van der Waals surface area contributed by atoms with Crippen LogP contribution in [0.5, 0.6) is 0 Å². The number of halogens is 3. The second-order valence-corrected chi connectivity index (χ2v) is 4.82. The molecule has 22 heavy (non-hydrogen) atoms. The molecule has 0 radical (unpaired) electrons. The molecular formula is C15H11ClF2N2O2. The smallest absolute Gasteiger partial charge is 0.314 e. The van der Waals surface area contributed by atoms with Gasteiger partial charge in [0.2, 0.25) is 0 Å². The highest BCUT2D eigenvalue weighted by Gasteiger charge is 2.19. The van der Waals surface area contributed by atoms with Crippen molar-refractivity contribution in [1.82, 2.24) is 0 Å². The van der Waals surface area contributed by atoms with Gasteiger partial charge in [0.25, 0.3) is 0 Å². The van der Waals surface area contributed by atoms with Gasteiger partial charge in [-0.15, -0.1) is 0 Å². The number of hydrogen-bond acceptors (Lipinski definition) is 2. The van der Waals surface area contributed by atoms with Crippen LogP contribution in [0.2, 0.25) is 5.02 Å². The molecule has 2 aromatic rings. The van der Waals surface area contributed by atoms with Gasteiger partial charge >= 0.3 is 11.8 Å². The van der Waals surface area contributed by atoms with Crippen LogP contribution in [0.25, 0.3) is 0 Å². The first kappa shape index (κ1) is 15.9. The number of nitrogens with one attached hydrogen (secondary N) is 2. The molecule has 0 fully saturated rings. The molecule has 0 saturated heterocycles. The van der Waals surface area contributed by atoms with Crippen molar-refractivity contribution in [3.05, 3.63) is 58.6 Å². The van der Waals surface area contributed by atoms with Crippen molar-refractivity contribution in [2.45, 2.75) is 6.92 Å². The zero-order valence-corrected chi connectivity index (χ0v) is 12.2. The number of para-hydroxylation sites is 1. The molecule has 0 bridgehead atoms. The van der Waals surface area contributed by atoms with Crippen LogP contribution in [-0.2, 0) is 9.59 Å². The Morgan fingerprint density at radius 1 is 0.955 bits per heavy atom. The quantitative estimate of drug-likeness (QED) is 0.831. The lowest BCUT2D eigenvalue weighted by molar-refractivity contribution is -0.133. The summed E-state index contributed by atoms with van der Waals surface area (Å²) in [6.45, 7) is 1.66. The molecule has 4 nitrogen and oxygen atoms in total. The monoisotopic (exact) mass is 324 g/mol. The second kappa shape index (κ2) is 6.53. The van der Waals surface area contributed by atoms with Gasteiger partial charge in [0.05, 0.1) is 0 Å². The van der Waals surface area contributed by atoms with Crippen LogP contribution in [0.4, 0.5) is 20.2 Å². The molecular weight excluding hydrogens is 314 g/mol. The Hall–Kier alpha value is -2.47. The SMILES string of the molecule is Cc1c(Cl)cccc1NC(=O)C(=O)Nc1c(F)cccc1F. The number of amides is 2. The molecule has 7 heteroatoms. The largest absolute Gasteiger partial charge is 0.317 e. The van der Waals surface area contributed by atoms with Gasteiger partial charge in [0, 0.05) is 10.7 Å². The van der Waals surface area contributed by atoms with E-state index in [0.29, 0.717) is 16.3 Å². The second-order valence-electron chi connectivity index (χ2n) is 4.42. The number of benzene rings is 2. The van der Waals surface area contributed by atoms with Gasteiger partial charge in [-0.05, 0) is 36.8 Å². The van der Waals surface area contributed by atoms with E-state index in [4.69, 9.17) is 11.6 Å². The minimum absolute atomic E-state index is 0.335. The summed E-state index contributed by atoms with van der Waals surface area (Å²) in [7, 11) is 0. The van der Waals surface area contributed by atoms with Crippen LogP contribution in [0, 0.1) is 18.6 Å². The van der Waals surface area contributed by atoms with Gasteiger partial charge in [-0.25, -0.2) is 8.78 Å². The van der Waals surface area contributed by atoms with E-state index in [1.807, 2.05) is 5.32 Å². The van der Waals surface area contributed by atoms with Crippen molar-refractivity contribution in [3.63, 3.8) is 0 Å². The first-order valence-electron chi connectivity index (χ1n) is 6.21. The van der Waals surface area contributed by atoms with Crippen molar-refractivity contribution < 1.29 is 18.4 Å². The van der Waals surface area contributed by atoms with Crippen LogP contribution in [0.1, 0.15) is 5.56 Å². The average molecular weight is 325 g/mol. The molecule has 0 aliphatic heterocycles. The van der Waals surface area contributed by atoms with Crippen molar-refractivity contribution in [2.75, 3.05) is 10.6 Å². The number of rotatable bonds is 2. The number of anilines is 2. The molecule has 0 atom stereocenters. The van der Waals surface area contributed by atoms with E-state index >= 15 is 0 Å². The van der Waals surface area contributed by atoms with Crippen LogP contribution in [0.15, 0.2) is 36.4 Å². The fraction of sp³-hybridized carbons (Fsp3) is 0.0667. The Morgan fingerprint density at radius 2 is 1.50 bits per heavy atom. The number of hydrogen-bond donors (Lipinski definition) is 2. The summed E-state index contributed by atoms with van der Waals surface area (Å²) in [6, 6.07) is 7.86. The number of carbonyl (C=O) groups is 2. The fourth-order valence-electron chi connectivity index (χ4n) is 1.71. The lowest BCUT2D eigenvalue weighted by Gasteiger charge is -2.10. The summed E-state index contributed by atoms with van der Waals surface area (Å²) in [5, 5.41) is 4.64. The Morgan fingerprint density at radius 3 is 2.14 bits per heavy atom. The minimum Gasteiger partial charge on any atom is -0.317 e. The highest BCUT2D eigenvalue weighted by molar-refractivity contribution is 6.44. The van der Waals surface area contributed by atoms with Crippen LogP contribution < -0.4 is 10.6 Å². The van der Waals surface area contributed by atoms with E-state index in [1.54, 1.807) is 25.1 Å². The highest BCUT2D eigenvalue weighted by atomic mass is 35.5. The highest BCUT2D eigenvalue weighted by Crippen LogP contribution is 2.23. The summed E-state index contributed by atoms with van der Waals surface area (Å²) in [4.78, 5) is 23.5. The van der Waals surface area contributed by atoms with Gasteiger partial charge in [-0.2, -0.15) is 0 Å². The third kappa shape index (κ3) is 3.40. The third-order valence-corrected chi connectivity index (χ3v) is 3.33. The van der Waals surface area contributed by atoms with Crippen molar-refractivity contribution in [1.29, 1.82) is 0 Å². The van der Waals surface area contributed by atoms with E-state index in [2.05, 4.69) is 5.32 Å². The fourth-order valence-corrected chi connectivity index (χ4v) is 1.88. The molecule has 2 rings (SSSR count). The number of carbonyl (C=O) groups excluding carboxylic acids is 2. The normalized spacial score (nSPS) is 10.2. The summed E-state index contributed by atoms with van der Waals surface area (Å²) in [6.07, 6.45) is 0. The van der Waals surface area contributed by atoms with E-state index < -0.39 is 29.1 Å². The summed E-state index contributed by atoms with van der Waals surface area (Å²) >= 11 is 5.90. The molecule has 0 aromatic heterocycles. The molecule has 0 spiro atoms. The maximum absolute atomic E-state index is 13.4. The zero-order chi connectivity index (χ0) is 16.3. The van der Waals surface area contributed by atoms with Crippen LogP contribution in [-0.4, -0.2) is 11.8 Å². The first-order valence-corrected chi connectivity index (χ1v) is 6.59. The molecule has 0 aliphatic carbocycles. The Bertz CT molecular complexity index is 730. The third-order valence-electron chi connectivity index (χ3n) is 2.92. The molecule has 0 aliphatic rings. The van der Waals surface area contributed by atoms with Gasteiger partial charge in [0.1, 0.15) is 17.3 Å². The average Bonchev–Trinajstić information content (AvgIpc) is 2.47. The summed E-state index contributed by atoms with van der Waals surface area (Å²) in [5.41, 5.74) is 0.231. The summed E-state index contributed by atoms with van der Waals surface area (Å²) in [5.74, 6) is -4.20. The minimum atomic E-state index is -1.19. The molecule has 0 saturated carbocycles. The van der Waals surface area contributed by atoms with Crippen LogP contribution >= 0.6 is 11.6 Å². The van der Waals surface area contributed by atoms with Crippen molar-refractivity contribution in [3.8, 4) is 0 Å². The van der Waals surface area contributed by atoms with Gasteiger partial charge < -0.3 is 10.6 Å². The van der Waals surface area contributed by atoms with E-state index in [-0.39, 0.29) is 0 Å². The Labute approximate surface area is 130 Å². The Balaban J connectivity index is 2.13. The van der Waals surface area contributed by atoms with E-state index in [9.17, 15) is 18.4 Å². The molecule has 114 valence electrons. The van der Waals surface area contributed by atoms with Crippen LogP contribution in [0.3, 0.4) is 0 Å². The predicted octanol–water partition coefficient (Wildman–Crippen LogP) is 3.50. The lowest BCUT2D eigenvalue weighted by atomic mass is 10.2. The lowest BCUT2D eigenvalue weighted by Crippen LogP contribution is -2.30. The van der Waals surface area contributed by atoms with Gasteiger partial charge in [-0.3, -0.25) is 9.59 Å². The molecule has 2 amide bonds. The van der Waals surface area contributed by atoms with Gasteiger partial charge in [0.15, 0.2) is 0 Å². The van der Waals surface area contributed by atoms with Crippen molar-refractivity contribution >= 4 is 34.8 Å². The van der Waals surface area contributed by atoms with Crippen molar-refractivity contribution in [2.24, 2.45) is 0 Å².